The third kappa shape index (κ3) is 5.50. The smallest absolute Gasteiger partial charge is 0.272 e. The number of carbonyl (C=O) groups excluding carboxylic acids is 3. The van der Waals surface area contributed by atoms with Crippen LogP contribution in [0.2, 0.25) is 0 Å². The lowest BCUT2D eigenvalue weighted by Crippen LogP contribution is -2.25. The Morgan fingerprint density at radius 2 is 1.69 bits per heavy atom. The summed E-state index contributed by atoms with van der Waals surface area (Å²) < 4.78 is 3.46. The summed E-state index contributed by atoms with van der Waals surface area (Å²) >= 11 is 0. The standard InChI is InChI=1S/C23H25N9O3/c1-31-6-5-15(11-31)28-22(35)19-9-16(12-32(19)2)29-21(34)18-7-13-3-4-14(8-17(13)30-18)27-20(33)10-26-23(24)25/h3-9,11-12,30H,10H2,1-2H3,(H,27,33)(H,28,35)(H,29,34)(H4,24,25,26). The molecule has 0 spiro atoms. The number of hydrogen-bond donors (Lipinski definition) is 6. The van der Waals surface area contributed by atoms with Crippen LogP contribution < -0.4 is 27.4 Å². The van der Waals surface area contributed by atoms with E-state index in [0.29, 0.717) is 34.0 Å². The van der Waals surface area contributed by atoms with Crippen molar-refractivity contribution in [3.63, 3.8) is 0 Å². The van der Waals surface area contributed by atoms with Gasteiger partial charge in [0.05, 0.1) is 11.4 Å². The quantitative estimate of drug-likeness (QED) is 0.175. The van der Waals surface area contributed by atoms with Gasteiger partial charge in [0, 0.05) is 49.3 Å². The highest BCUT2D eigenvalue weighted by Crippen LogP contribution is 2.22. The van der Waals surface area contributed by atoms with E-state index in [4.69, 9.17) is 11.5 Å². The number of aryl methyl sites for hydroxylation is 2. The lowest BCUT2D eigenvalue weighted by Gasteiger charge is -2.03. The number of aromatic amines is 1. The molecule has 0 radical (unpaired) electrons. The van der Waals surface area contributed by atoms with E-state index in [1.54, 1.807) is 60.4 Å². The molecule has 0 bridgehead atoms. The SMILES string of the molecule is Cn1ccc(NC(=O)c2cc(NC(=O)c3cc4ccc(NC(=O)CN=C(N)N)cc4[nH]3)cn2C)c1. The number of rotatable bonds is 7. The van der Waals surface area contributed by atoms with Gasteiger partial charge in [0.15, 0.2) is 5.96 Å². The van der Waals surface area contributed by atoms with Crippen molar-refractivity contribution >= 4 is 51.6 Å². The Hall–Kier alpha value is -5.00. The molecule has 12 heteroatoms. The van der Waals surface area contributed by atoms with E-state index >= 15 is 0 Å². The highest BCUT2D eigenvalue weighted by Gasteiger charge is 2.16. The zero-order valence-corrected chi connectivity index (χ0v) is 19.1. The maximum absolute atomic E-state index is 12.8. The lowest BCUT2D eigenvalue weighted by molar-refractivity contribution is -0.114. The number of nitrogens with two attached hydrogens (primary N) is 2. The molecule has 0 saturated carbocycles. The number of nitrogens with zero attached hydrogens (tertiary/aromatic N) is 3. The van der Waals surface area contributed by atoms with E-state index in [2.05, 4.69) is 25.9 Å². The number of anilines is 3. The molecule has 4 rings (SSSR count). The Labute approximate surface area is 200 Å². The Kier molecular flexibility index (Phi) is 6.27. The largest absolute Gasteiger partial charge is 0.370 e. The van der Waals surface area contributed by atoms with E-state index in [1.165, 1.54) is 0 Å². The van der Waals surface area contributed by atoms with E-state index in [-0.39, 0.29) is 30.2 Å². The zero-order valence-electron chi connectivity index (χ0n) is 19.1. The third-order valence-corrected chi connectivity index (χ3v) is 5.14. The van der Waals surface area contributed by atoms with Crippen LogP contribution in [-0.2, 0) is 18.9 Å². The number of amides is 3. The van der Waals surface area contributed by atoms with Gasteiger partial charge in [0.1, 0.15) is 17.9 Å². The average molecular weight is 476 g/mol. The van der Waals surface area contributed by atoms with E-state index < -0.39 is 0 Å². The number of aliphatic imine (C=N–C) groups is 1. The van der Waals surface area contributed by atoms with Gasteiger partial charge < -0.3 is 41.5 Å². The molecule has 8 N–H and O–H groups in total. The Bertz CT molecular complexity index is 1450. The maximum atomic E-state index is 12.8. The van der Waals surface area contributed by atoms with Gasteiger partial charge >= 0.3 is 0 Å². The number of hydrogen-bond acceptors (Lipinski definition) is 4. The minimum Gasteiger partial charge on any atom is -0.370 e. The summed E-state index contributed by atoms with van der Waals surface area (Å²) in [4.78, 5) is 44.0. The summed E-state index contributed by atoms with van der Waals surface area (Å²) in [6.45, 7) is -0.193. The number of benzene rings is 1. The van der Waals surface area contributed by atoms with Gasteiger partial charge in [-0.2, -0.15) is 0 Å². The maximum Gasteiger partial charge on any atom is 0.272 e. The van der Waals surface area contributed by atoms with Gasteiger partial charge in [0.25, 0.3) is 11.8 Å². The highest BCUT2D eigenvalue weighted by molar-refractivity contribution is 6.08. The first-order valence-corrected chi connectivity index (χ1v) is 10.6. The molecule has 0 aliphatic carbocycles. The molecule has 0 aliphatic heterocycles. The molecule has 0 fully saturated rings. The summed E-state index contributed by atoms with van der Waals surface area (Å²) in [6.07, 6.45) is 5.28. The molecule has 0 aliphatic rings. The number of carbonyl (C=O) groups is 3. The van der Waals surface area contributed by atoms with Crippen molar-refractivity contribution in [2.75, 3.05) is 22.5 Å². The topological polar surface area (TPSA) is 177 Å². The van der Waals surface area contributed by atoms with Crippen LogP contribution in [0.25, 0.3) is 10.9 Å². The normalized spacial score (nSPS) is 10.7. The monoisotopic (exact) mass is 475 g/mol. The van der Waals surface area contributed by atoms with Gasteiger partial charge in [-0.15, -0.1) is 0 Å². The Balaban J connectivity index is 1.44. The third-order valence-electron chi connectivity index (χ3n) is 5.14. The van der Waals surface area contributed by atoms with Crippen molar-refractivity contribution < 1.29 is 14.4 Å². The zero-order chi connectivity index (χ0) is 25.1. The summed E-state index contributed by atoms with van der Waals surface area (Å²) in [5.41, 5.74) is 13.5. The second kappa shape index (κ2) is 9.47. The fraction of sp³-hybridized carbons (Fsp3) is 0.130. The van der Waals surface area contributed by atoms with E-state index in [9.17, 15) is 14.4 Å². The molecule has 0 unspecified atom stereocenters. The van der Waals surface area contributed by atoms with Crippen LogP contribution in [0, 0.1) is 0 Å². The molecule has 3 heterocycles. The second-order valence-corrected chi connectivity index (χ2v) is 7.97. The lowest BCUT2D eigenvalue weighted by atomic mass is 10.2. The van der Waals surface area contributed by atoms with Crippen molar-refractivity contribution in [3.8, 4) is 0 Å². The van der Waals surface area contributed by atoms with Crippen LogP contribution in [-0.4, -0.2) is 44.3 Å². The van der Waals surface area contributed by atoms with Crippen LogP contribution in [0.5, 0.6) is 0 Å². The van der Waals surface area contributed by atoms with Crippen molar-refractivity contribution in [2.45, 2.75) is 0 Å². The van der Waals surface area contributed by atoms with Crippen LogP contribution in [0.4, 0.5) is 17.1 Å². The first kappa shape index (κ1) is 23.2. The molecule has 1 aromatic carbocycles. The van der Waals surface area contributed by atoms with Crippen molar-refractivity contribution in [1.29, 1.82) is 0 Å². The number of fused-ring (bicyclic) bond motifs is 1. The first-order chi connectivity index (χ1) is 16.7. The van der Waals surface area contributed by atoms with E-state index in [1.807, 2.05) is 17.8 Å². The molecule has 12 nitrogen and oxygen atoms in total. The fourth-order valence-electron chi connectivity index (χ4n) is 3.52. The predicted molar refractivity (Wildman–Crippen MR) is 134 cm³/mol. The number of nitrogens with one attached hydrogen (secondary N) is 4. The number of H-pyrrole nitrogens is 1. The summed E-state index contributed by atoms with van der Waals surface area (Å²) in [7, 11) is 3.59. The van der Waals surface area contributed by atoms with Gasteiger partial charge in [-0.1, -0.05) is 6.07 Å². The summed E-state index contributed by atoms with van der Waals surface area (Å²) in [5.74, 6) is -1.21. The molecule has 0 atom stereocenters. The Morgan fingerprint density at radius 3 is 2.40 bits per heavy atom. The molecular formula is C23H25N9O3. The van der Waals surface area contributed by atoms with Crippen molar-refractivity contribution in [2.24, 2.45) is 30.6 Å². The van der Waals surface area contributed by atoms with Gasteiger partial charge in [-0.3, -0.25) is 14.4 Å². The van der Waals surface area contributed by atoms with Crippen LogP contribution in [0.1, 0.15) is 21.0 Å². The van der Waals surface area contributed by atoms with Crippen molar-refractivity contribution in [1.82, 2.24) is 14.1 Å². The van der Waals surface area contributed by atoms with Gasteiger partial charge in [-0.25, -0.2) is 4.99 Å². The van der Waals surface area contributed by atoms with Crippen LogP contribution in [0.15, 0.2) is 60.0 Å². The second-order valence-electron chi connectivity index (χ2n) is 7.97. The van der Waals surface area contributed by atoms with Crippen molar-refractivity contribution in [3.05, 3.63) is 66.4 Å². The molecular weight excluding hydrogens is 450 g/mol. The summed E-state index contributed by atoms with van der Waals surface area (Å²) in [6, 6.07) is 10.3. The minimum absolute atomic E-state index is 0.169. The molecule has 3 aromatic heterocycles. The number of aromatic nitrogens is 3. The minimum atomic E-state index is -0.376. The Morgan fingerprint density at radius 1 is 0.914 bits per heavy atom. The summed E-state index contributed by atoms with van der Waals surface area (Å²) in [5, 5.41) is 9.09. The van der Waals surface area contributed by atoms with Gasteiger partial charge in [0.2, 0.25) is 5.91 Å². The molecule has 35 heavy (non-hydrogen) atoms. The molecule has 4 aromatic rings. The predicted octanol–water partition coefficient (Wildman–Crippen LogP) is 1.56. The fourth-order valence-corrected chi connectivity index (χ4v) is 3.52. The highest BCUT2D eigenvalue weighted by atomic mass is 16.2. The molecule has 0 saturated heterocycles. The van der Waals surface area contributed by atoms with Crippen LogP contribution in [0.3, 0.4) is 0 Å². The van der Waals surface area contributed by atoms with Crippen LogP contribution >= 0.6 is 0 Å². The van der Waals surface area contributed by atoms with Gasteiger partial charge in [-0.05, 0) is 30.3 Å². The first-order valence-electron chi connectivity index (χ1n) is 10.6. The average Bonchev–Trinajstić information content (AvgIpc) is 3.50. The molecule has 3 amide bonds. The number of guanidine groups is 1. The molecule has 180 valence electrons. The van der Waals surface area contributed by atoms with E-state index in [0.717, 1.165) is 5.39 Å².